The number of halogens is 1. The van der Waals surface area contributed by atoms with E-state index < -0.39 is 5.97 Å². The summed E-state index contributed by atoms with van der Waals surface area (Å²) in [5, 5.41) is 12.4. The molecule has 1 aromatic carbocycles. The van der Waals surface area contributed by atoms with Crippen LogP contribution in [0.15, 0.2) is 22.7 Å². The molecule has 22 heavy (non-hydrogen) atoms. The second-order valence-corrected chi connectivity index (χ2v) is 7.15. The van der Waals surface area contributed by atoms with Gasteiger partial charge in [0.15, 0.2) is 0 Å². The average Bonchev–Trinajstić information content (AvgIpc) is 2.85. The lowest BCUT2D eigenvalue weighted by atomic mass is 10.2. The molecular formula is C15H17BrN2O3S. The molecule has 1 amide bonds. The second kappa shape index (κ2) is 7.69. The summed E-state index contributed by atoms with van der Waals surface area (Å²) in [5.74, 6) is -0.917. The molecule has 0 fully saturated rings. The van der Waals surface area contributed by atoms with E-state index in [0.29, 0.717) is 19.3 Å². The maximum atomic E-state index is 11.9. The van der Waals surface area contributed by atoms with Crippen molar-refractivity contribution in [1.82, 2.24) is 10.3 Å². The SMILES string of the molecule is CC(CCC(=O)O)NC(=O)CCc1nc2cc(Br)ccc2s1. The van der Waals surface area contributed by atoms with Crippen molar-refractivity contribution in [2.75, 3.05) is 0 Å². The lowest BCUT2D eigenvalue weighted by Gasteiger charge is -2.12. The number of carboxylic acid groups (broad SMARTS) is 1. The van der Waals surface area contributed by atoms with E-state index >= 15 is 0 Å². The monoisotopic (exact) mass is 384 g/mol. The van der Waals surface area contributed by atoms with Crippen molar-refractivity contribution >= 4 is 49.4 Å². The molecule has 5 nitrogen and oxygen atoms in total. The topological polar surface area (TPSA) is 79.3 Å². The largest absolute Gasteiger partial charge is 0.481 e. The summed E-state index contributed by atoms with van der Waals surface area (Å²) in [6, 6.07) is 5.81. The number of amides is 1. The number of hydrogen-bond donors (Lipinski definition) is 2. The van der Waals surface area contributed by atoms with Crippen LogP contribution < -0.4 is 5.32 Å². The van der Waals surface area contributed by atoms with Gasteiger partial charge in [0.2, 0.25) is 5.91 Å². The van der Waals surface area contributed by atoms with Gasteiger partial charge in [-0.15, -0.1) is 11.3 Å². The van der Waals surface area contributed by atoms with Crippen LogP contribution in [0.3, 0.4) is 0 Å². The van der Waals surface area contributed by atoms with Crippen molar-refractivity contribution in [3.8, 4) is 0 Å². The number of hydrogen-bond acceptors (Lipinski definition) is 4. The van der Waals surface area contributed by atoms with Crippen LogP contribution >= 0.6 is 27.3 Å². The van der Waals surface area contributed by atoms with E-state index in [4.69, 9.17) is 5.11 Å². The van der Waals surface area contributed by atoms with E-state index in [2.05, 4.69) is 26.2 Å². The predicted molar refractivity (Wildman–Crippen MR) is 90.1 cm³/mol. The zero-order valence-electron chi connectivity index (χ0n) is 12.1. The van der Waals surface area contributed by atoms with Gasteiger partial charge in [0, 0.05) is 29.8 Å². The number of benzene rings is 1. The summed E-state index contributed by atoms with van der Waals surface area (Å²) in [6.45, 7) is 1.82. The molecule has 0 radical (unpaired) electrons. The van der Waals surface area contributed by atoms with Crippen molar-refractivity contribution in [3.63, 3.8) is 0 Å². The van der Waals surface area contributed by atoms with E-state index in [-0.39, 0.29) is 18.4 Å². The van der Waals surface area contributed by atoms with E-state index in [1.54, 1.807) is 11.3 Å². The van der Waals surface area contributed by atoms with Crippen molar-refractivity contribution in [3.05, 3.63) is 27.7 Å². The fourth-order valence-electron chi connectivity index (χ4n) is 2.03. The number of aromatic nitrogens is 1. The number of carbonyl (C=O) groups excluding carboxylic acids is 1. The molecule has 1 atom stereocenters. The van der Waals surface area contributed by atoms with Crippen molar-refractivity contribution in [2.24, 2.45) is 0 Å². The zero-order chi connectivity index (χ0) is 16.1. The first kappa shape index (κ1) is 16.9. The zero-order valence-corrected chi connectivity index (χ0v) is 14.5. The smallest absolute Gasteiger partial charge is 0.303 e. The molecule has 1 aromatic heterocycles. The number of nitrogens with one attached hydrogen (secondary N) is 1. The maximum absolute atomic E-state index is 11.9. The first-order valence-electron chi connectivity index (χ1n) is 7.00. The van der Waals surface area contributed by atoms with Crippen LogP contribution in [0, 0.1) is 0 Å². The Morgan fingerprint density at radius 1 is 1.41 bits per heavy atom. The van der Waals surface area contributed by atoms with Gasteiger partial charge in [-0.25, -0.2) is 4.98 Å². The molecule has 0 bridgehead atoms. The molecule has 2 rings (SSSR count). The Bertz CT molecular complexity index is 686. The maximum Gasteiger partial charge on any atom is 0.303 e. The van der Waals surface area contributed by atoms with Crippen LogP contribution in [0.4, 0.5) is 0 Å². The molecule has 0 saturated heterocycles. The van der Waals surface area contributed by atoms with Gasteiger partial charge >= 0.3 is 5.97 Å². The Labute approximate surface area is 140 Å². The Hall–Kier alpha value is -1.47. The van der Waals surface area contributed by atoms with Crippen LogP contribution in [-0.4, -0.2) is 28.0 Å². The predicted octanol–water partition coefficient (Wildman–Crippen LogP) is 3.36. The average molecular weight is 385 g/mol. The minimum Gasteiger partial charge on any atom is -0.481 e. The summed E-state index contributed by atoms with van der Waals surface area (Å²) in [5.41, 5.74) is 0.935. The lowest BCUT2D eigenvalue weighted by molar-refractivity contribution is -0.137. The van der Waals surface area contributed by atoms with Gasteiger partial charge in [-0.05, 0) is 31.5 Å². The Morgan fingerprint density at radius 3 is 2.91 bits per heavy atom. The first-order chi connectivity index (χ1) is 10.4. The fourth-order valence-corrected chi connectivity index (χ4v) is 3.33. The second-order valence-electron chi connectivity index (χ2n) is 5.12. The van der Waals surface area contributed by atoms with E-state index in [0.717, 1.165) is 19.7 Å². The summed E-state index contributed by atoms with van der Waals surface area (Å²) in [6.07, 6.45) is 1.46. The number of aryl methyl sites for hydroxylation is 1. The molecule has 2 aromatic rings. The lowest BCUT2D eigenvalue weighted by Crippen LogP contribution is -2.33. The highest BCUT2D eigenvalue weighted by Crippen LogP contribution is 2.25. The molecule has 0 spiro atoms. The van der Waals surface area contributed by atoms with Crippen LogP contribution in [-0.2, 0) is 16.0 Å². The highest BCUT2D eigenvalue weighted by molar-refractivity contribution is 9.10. The van der Waals surface area contributed by atoms with E-state index in [1.165, 1.54) is 0 Å². The van der Waals surface area contributed by atoms with Gasteiger partial charge in [0.05, 0.1) is 15.2 Å². The molecular weight excluding hydrogens is 368 g/mol. The highest BCUT2D eigenvalue weighted by atomic mass is 79.9. The number of nitrogens with zero attached hydrogens (tertiary/aromatic N) is 1. The normalized spacial score (nSPS) is 12.3. The van der Waals surface area contributed by atoms with E-state index in [1.807, 2.05) is 25.1 Å². The van der Waals surface area contributed by atoms with Crippen LogP contribution in [0.1, 0.15) is 31.2 Å². The van der Waals surface area contributed by atoms with Gasteiger partial charge < -0.3 is 10.4 Å². The summed E-state index contributed by atoms with van der Waals surface area (Å²) >= 11 is 5.01. The minimum absolute atomic E-state index is 0.0637. The van der Waals surface area contributed by atoms with Crippen LogP contribution in [0.5, 0.6) is 0 Å². The van der Waals surface area contributed by atoms with Crippen molar-refractivity contribution < 1.29 is 14.7 Å². The Morgan fingerprint density at radius 2 is 2.18 bits per heavy atom. The minimum atomic E-state index is -0.846. The van der Waals surface area contributed by atoms with Gasteiger partial charge in [0.25, 0.3) is 0 Å². The van der Waals surface area contributed by atoms with Crippen LogP contribution in [0.25, 0.3) is 10.2 Å². The third-order valence-electron chi connectivity index (χ3n) is 3.16. The molecule has 0 saturated carbocycles. The molecule has 7 heteroatoms. The van der Waals surface area contributed by atoms with Crippen molar-refractivity contribution in [1.29, 1.82) is 0 Å². The van der Waals surface area contributed by atoms with Crippen molar-refractivity contribution in [2.45, 2.75) is 38.6 Å². The fraction of sp³-hybridized carbons (Fsp3) is 0.400. The summed E-state index contributed by atoms with van der Waals surface area (Å²) < 4.78 is 2.09. The number of carboxylic acids is 1. The molecule has 0 aliphatic carbocycles. The van der Waals surface area contributed by atoms with Crippen LogP contribution in [0.2, 0.25) is 0 Å². The third kappa shape index (κ3) is 5.06. The van der Waals surface area contributed by atoms with E-state index in [9.17, 15) is 9.59 Å². The highest BCUT2D eigenvalue weighted by Gasteiger charge is 2.11. The Kier molecular flexibility index (Phi) is 5.90. The first-order valence-corrected chi connectivity index (χ1v) is 8.61. The molecule has 0 aliphatic heterocycles. The standard InChI is InChI=1S/C15H17BrN2O3S/c1-9(2-7-15(20)21)17-13(19)5-6-14-18-11-8-10(16)3-4-12(11)22-14/h3-4,8-9H,2,5-7H2,1H3,(H,17,19)(H,20,21). The number of carbonyl (C=O) groups is 2. The Balaban J connectivity index is 1.83. The number of fused-ring (bicyclic) bond motifs is 1. The molecule has 2 N–H and O–H groups in total. The number of rotatable bonds is 7. The summed E-state index contributed by atoms with van der Waals surface area (Å²) in [7, 11) is 0. The van der Waals surface area contributed by atoms with Gasteiger partial charge in [-0.3, -0.25) is 9.59 Å². The number of aliphatic carboxylic acids is 1. The summed E-state index contributed by atoms with van der Waals surface area (Å²) in [4.78, 5) is 26.9. The third-order valence-corrected chi connectivity index (χ3v) is 4.75. The molecule has 1 unspecified atom stereocenters. The quantitative estimate of drug-likeness (QED) is 0.766. The number of thiazole rings is 1. The van der Waals surface area contributed by atoms with Gasteiger partial charge in [-0.1, -0.05) is 15.9 Å². The molecule has 1 heterocycles. The molecule has 0 aliphatic rings. The van der Waals surface area contributed by atoms with Gasteiger partial charge in [-0.2, -0.15) is 0 Å². The van der Waals surface area contributed by atoms with Gasteiger partial charge in [0.1, 0.15) is 0 Å². The molecule has 118 valence electrons.